The smallest absolute Gasteiger partial charge is 0.413 e. The Bertz CT molecular complexity index is 687. The van der Waals surface area contributed by atoms with Crippen molar-refractivity contribution < 1.29 is 38.4 Å². The summed E-state index contributed by atoms with van der Waals surface area (Å²) in [6, 6.07) is 0. The molecule has 0 aromatic rings. The lowest BCUT2D eigenvalue weighted by Gasteiger charge is -2.34. The molecule has 1 aliphatic carbocycles. The molecule has 3 rings (SSSR count). The van der Waals surface area contributed by atoms with Crippen molar-refractivity contribution >= 4 is 11.9 Å². The molecule has 1 amide bonds. The van der Waals surface area contributed by atoms with Crippen LogP contribution in [0.3, 0.4) is 0 Å². The Morgan fingerprint density at radius 1 is 1.38 bits per heavy atom. The van der Waals surface area contributed by atoms with E-state index in [-0.39, 0.29) is 11.9 Å². The lowest BCUT2D eigenvalue weighted by Crippen LogP contribution is -2.52. The average molecular weight is 417 g/mol. The van der Waals surface area contributed by atoms with E-state index in [0.29, 0.717) is 11.3 Å². The number of carbonyl (C=O) groups excluding carboxylic acids is 1. The molecule has 9 nitrogen and oxygen atoms in total. The molecule has 0 bridgehead atoms. The van der Waals surface area contributed by atoms with Crippen molar-refractivity contribution in [1.29, 1.82) is 0 Å². The number of amides is 1. The second-order valence-electron chi connectivity index (χ2n) is 7.09. The Hall–Kier alpha value is -2.08. The first-order chi connectivity index (χ1) is 13.8. The van der Waals surface area contributed by atoms with Gasteiger partial charge >= 0.3 is 12.0 Å². The maximum absolute atomic E-state index is 14.2. The predicted molar refractivity (Wildman–Crippen MR) is 96.8 cm³/mol. The van der Waals surface area contributed by atoms with Gasteiger partial charge in [0.25, 0.3) is 0 Å². The topological polar surface area (TPSA) is 124 Å². The monoisotopic (exact) mass is 417 g/mol. The number of alkyl carbamates (subject to hydrolysis) is 1. The summed E-state index contributed by atoms with van der Waals surface area (Å²) in [6.45, 7) is -0.807. The summed E-state index contributed by atoms with van der Waals surface area (Å²) in [7, 11) is 0. The van der Waals surface area contributed by atoms with Crippen molar-refractivity contribution in [2.45, 2.75) is 68.9 Å². The van der Waals surface area contributed by atoms with E-state index >= 15 is 0 Å². The fourth-order valence-corrected chi connectivity index (χ4v) is 3.38. The summed E-state index contributed by atoms with van der Waals surface area (Å²) in [5.74, 6) is -3.82. The van der Waals surface area contributed by atoms with Crippen molar-refractivity contribution in [3.8, 4) is 0 Å². The molecule has 29 heavy (non-hydrogen) atoms. The summed E-state index contributed by atoms with van der Waals surface area (Å²) in [5, 5.41) is 31.1. The summed E-state index contributed by atoms with van der Waals surface area (Å²) in [5.41, 5.74) is 0. The zero-order valence-electron chi connectivity index (χ0n) is 15.7. The number of amidine groups is 1. The molecule has 1 saturated heterocycles. The summed E-state index contributed by atoms with van der Waals surface area (Å²) in [6.07, 6.45) is 2.09. The minimum absolute atomic E-state index is 0.0749. The van der Waals surface area contributed by atoms with Gasteiger partial charge in [-0.3, -0.25) is 5.32 Å². The lowest BCUT2D eigenvalue weighted by molar-refractivity contribution is -0.186. The number of allylic oxidation sites excluding steroid dienone is 1. The summed E-state index contributed by atoms with van der Waals surface area (Å²) < 4.78 is 38.7. The van der Waals surface area contributed by atoms with Crippen LogP contribution in [0, 0.1) is 0 Å². The Morgan fingerprint density at radius 3 is 2.86 bits per heavy atom. The zero-order chi connectivity index (χ0) is 21.0. The molecule has 0 radical (unpaired) electrons. The van der Waals surface area contributed by atoms with Gasteiger partial charge in [-0.25, -0.2) is 9.79 Å². The third-order valence-corrected chi connectivity index (χ3v) is 4.95. The van der Waals surface area contributed by atoms with E-state index < -0.39 is 43.4 Å². The number of carbonyl (C=O) groups is 1. The van der Waals surface area contributed by atoms with Gasteiger partial charge in [0.2, 0.25) is 12.6 Å². The van der Waals surface area contributed by atoms with E-state index in [0.717, 1.165) is 31.9 Å². The largest absolute Gasteiger partial charge is 0.442 e. The first-order valence-corrected chi connectivity index (χ1v) is 9.51. The van der Waals surface area contributed by atoms with Crippen LogP contribution in [0.25, 0.3) is 0 Å². The predicted octanol–water partition coefficient (Wildman–Crippen LogP) is 0.819. The third-order valence-electron chi connectivity index (χ3n) is 4.95. The standard InChI is InChI=1S/C18H25F2N3O6/c19-18(20)14(25)12(10-24)29-15(18)23-9-8-13(21-16(23)26)22-17(27)28-11-6-4-2-1-3-5-7-11/h4,6,8-9,11-12,14-16,24-26H,1-3,5,7,10H2,(H,21,22,27)/b6-4+/t11?,12-,14?,15-,16?/m1/s1. The molecule has 1 fully saturated rings. The van der Waals surface area contributed by atoms with Crippen molar-refractivity contribution in [3.05, 3.63) is 24.4 Å². The minimum atomic E-state index is -3.75. The number of aliphatic hydroxyl groups excluding tert-OH is 3. The number of aliphatic hydroxyl groups is 3. The van der Waals surface area contributed by atoms with E-state index in [4.69, 9.17) is 14.6 Å². The van der Waals surface area contributed by atoms with Crippen LogP contribution in [0.2, 0.25) is 0 Å². The molecule has 2 aliphatic heterocycles. The molecule has 4 N–H and O–H groups in total. The number of hydrogen-bond acceptors (Lipinski definition) is 8. The Balaban J connectivity index is 1.58. The Kier molecular flexibility index (Phi) is 6.83. The van der Waals surface area contributed by atoms with Crippen LogP contribution in [-0.2, 0) is 9.47 Å². The number of nitrogens with zero attached hydrogens (tertiary/aromatic N) is 2. The number of ether oxygens (including phenoxy) is 2. The van der Waals surface area contributed by atoms with Crippen molar-refractivity contribution in [2.24, 2.45) is 4.99 Å². The van der Waals surface area contributed by atoms with Crippen molar-refractivity contribution in [1.82, 2.24) is 10.2 Å². The third kappa shape index (κ3) is 4.92. The molecule has 0 saturated carbocycles. The van der Waals surface area contributed by atoms with Gasteiger partial charge in [-0.2, -0.15) is 8.78 Å². The van der Waals surface area contributed by atoms with E-state index in [1.165, 1.54) is 6.08 Å². The normalized spacial score (nSPS) is 35.4. The number of rotatable bonds is 3. The molecule has 5 atom stereocenters. The van der Waals surface area contributed by atoms with Gasteiger partial charge in [0.15, 0.2) is 6.10 Å². The SMILES string of the molecule is O=C(NC1=NC(O)N([C@@H]2O[C@H](CO)C(O)C2(F)F)C=C1)OC1/C=C/CCCCC1. The molecule has 0 aromatic carbocycles. The van der Waals surface area contributed by atoms with E-state index in [2.05, 4.69) is 10.3 Å². The van der Waals surface area contributed by atoms with Crippen LogP contribution in [0.15, 0.2) is 29.4 Å². The van der Waals surface area contributed by atoms with Crippen molar-refractivity contribution in [3.63, 3.8) is 0 Å². The molecule has 0 aromatic heterocycles. The molecule has 3 aliphatic rings. The first kappa shape index (κ1) is 21.6. The zero-order valence-corrected chi connectivity index (χ0v) is 15.7. The lowest BCUT2D eigenvalue weighted by atomic mass is 10.0. The van der Waals surface area contributed by atoms with Crippen LogP contribution in [0.4, 0.5) is 13.6 Å². The number of alkyl halides is 2. The van der Waals surface area contributed by atoms with Crippen LogP contribution in [0.1, 0.15) is 32.1 Å². The van der Waals surface area contributed by atoms with Gasteiger partial charge in [0, 0.05) is 6.20 Å². The van der Waals surface area contributed by atoms with Gasteiger partial charge in [0.05, 0.1) is 6.61 Å². The van der Waals surface area contributed by atoms with Crippen molar-refractivity contribution in [2.75, 3.05) is 6.61 Å². The van der Waals surface area contributed by atoms with E-state index in [9.17, 15) is 23.8 Å². The molecule has 11 heteroatoms. The molecular weight excluding hydrogens is 392 g/mol. The van der Waals surface area contributed by atoms with E-state index in [1.807, 2.05) is 12.2 Å². The van der Waals surface area contributed by atoms with E-state index in [1.54, 1.807) is 0 Å². The highest BCUT2D eigenvalue weighted by Crippen LogP contribution is 2.39. The highest BCUT2D eigenvalue weighted by atomic mass is 19.3. The molecule has 162 valence electrons. The maximum Gasteiger partial charge on any atom is 0.413 e. The summed E-state index contributed by atoms with van der Waals surface area (Å²) >= 11 is 0. The Morgan fingerprint density at radius 2 is 2.17 bits per heavy atom. The van der Waals surface area contributed by atoms with Gasteiger partial charge in [0.1, 0.15) is 18.0 Å². The van der Waals surface area contributed by atoms with Crippen LogP contribution in [-0.4, -0.2) is 75.6 Å². The maximum atomic E-state index is 14.2. The highest BCUT2D eigenvalue weighted by molar-refractivity contribution is 6.02. The minimum Gasteiger partial charge on any atom is -0.442 e. The Labute approximate surface area is 166 Å². The van der Waals surface area contributed by atoms with Gasteiger partial charge in [-0.15, -0.1) is 0 Å². The summed E-state index contributed by atoms with van der Waals surface area (Å²) in [4.78, 5) is 16.5. The first-order valence-electron chi connectivity index (χ1n) is 9.51. The fourth-order valence-electron chi connectivity index (χ4n) is 3.38. The number of halogens is 2. The van der Waals surface area contributed by atoms with Crippen LogP contribution in [0.5, 0.6) is 0 Å². The molecular formula is C18H25F2N3O6. The molecule has 3 unspecified atom stereocenters. The highest BCUT2D eigenvalue weighted by Gasteiger charge is 2.61. The van der Waals surface area contributed by atoms with Crippen LogP contribution < -0.4 is 5.32 Å². The van der Waals surface area contributed by atoms with Gasteiger partial charge in [-0.1, -0.05) is 12.5 Å². The number of hydrogen-bond donors (Lipinski definition) is 4. The van der Waals surface area contributed by atoms with Gasteiger partial charge < -0.3 is 29.7 Å². The second kappa shape index (κ2) is 9.16. The number of aliphatic imine (C=N–C) groups is 1. The van der Waals surface area contributed by atoms with Gasteiger partial charge in [-0.05, 0) is 37.8 Å². The average Bonchev–Trinajstić information content (AvgIpc) is 2.87. The molecule has 2 heterocycles. The van der Waals surface area contributed by atoms with Crippen LogP contribution >= 0.6 is 0 Å². The fraction of sp³-hybridized carbons (Fsp3) is 0.667. The second-order valence-corrected chi connectivity index (χ2v) is 7.09. The molecule has 0 spiro atoms. The number of nitrogens with one attached hydrogen (secondary N) is 1. The quantitative estimate of drug-likeness (QED) is 0.501.